The average Bonchev–Trinajstić information content (AvgIpc) is 3.35. The fraction of sp³-hybridized carbons (Fsp3) is 0.391. The van der Waals surface area contributed by atoms with Gasteiger partial charge in [-0.2, -0.15) is 0 Å². The molecule has 2 saturated heterocycles. The van der Waals surface area contributed by atoms with Crippen LogP contribution in [0, 0.1) is 11.7 Å². The number of carbonyl (C=O) groups is 4. The summed E-state index contributed by atoms with van der Waals surface area (Å²) in [4.78, 5) is 53.5. The molecule has 1 unspecified atom stereocenters. The molecule has 2 fully saturated rings. The number of likely N-dealkylation sites (tertiary alicyclic amines) is 1. The van der Waals surface area contributed by atoms with E-state index in [4.69, 9.17) is 0 Å². The van der Waals surface area contributed by atoms with Crippen molar-refractivity contribution in [3.8, 4) is 0 Å². The lowest BCUT2D eigenvalue weighted by Crippen LogP contribution is -2.54. The number of nitrogens with zero attached hydrogens (tertiary/aromatic N) is 2. The van der Waals surface area contributed by atoms with E-state index in [1.807, 2.05) is 0 Å². The maximum Gasteiger partial charge on any atom is 0.325 e. The summed E-state index contributed by atoms with van der Waals surface area (Å²) in [7, 11) is 0. The van der Waals surface area contributed by atoms with E-state index in [0.717, 1.165) is 0 Å². The van der Waals surface area contributed by atoms with Gasteiger partial charge >= 0.3 is 6.03 Å². The smallest absolute Gasteiger partial charge is 0.325 e. The van der Waals surface area contributed by atoms with Gasteiger partial charge in [-0.25, -0.2) is 9.18 Å². The molecule has 0 aliphatic carbocycles. The minimum Gasteiger partial charge on any atom is -0.339 e. The number of thiophene rings is 1. The molecule has 3 heterocycles. The molecule has 1 N–H and O–H groups in total. The van der Waals surface area contributed by atoms with E-state index in [1.165, 1.54) is 35.3 Å². The summed E-state index contributed by atoms with van der Waals surface area (Å²) >= 11 is 1.26. The standard InChI is InChI=1S/C23H24FN3O4S/c1-14(28)19-11-16(13-32-19)20(29)26-9-7-17(8-10-26)23(2)21(30)27(22(31)25-23)12-15-3-5-18(24)6-4-15/h3-6,11,13,17H,7-10,12H2,1-2H3,(H,25,31). The highest BCUT2D eigenvalue weighted by molar-refractivity contribution is 7.12. The second-order valence-electron chi connectivity index (χ2n) is 8.47. The highest BCUT2D eigenvalue weighted by atomic mass is 32.1. The zero-order valence-electron chi connectivity index (χ0n) is 17.9. The Balaban J connectivity index is 1.40. The molecule has 2 aliphatic rings. The SMILES string of the molecule is CC(=O)c1cc(C(=O)N2CCC(C3(C)NC(=O)N(Cc4ccc(F)cc4)C3=O)CC2)cs1. The number of Topliss-reactive ketones (excluding diaryl/α,β-unsaturated/α-hetero) is 1. The van der Waals surface area contributed by atoms with Crippen LogP contribution in [-0.4, -0.2) is 52.1 Å². The maximum atomic E-state index is 13.2. The number of hydrogen-bond acceptors (Lipinski definition) is 5. The summed E-state index contributed by atoms with van der Waals surface area (Å²) < 4.78 is 13.2. The summed E-state index contributed by atoms with van der Waals surface area (Å²) in [5.74, 6) is -0.993. The molecule has 9 heteroatoms. The van der Waals surface area contributed by atoms with E-state index < -0.39 is 11.6 Å². The van der Waals surface area contributed by atoms with Crippen molar-refractivity contribution in [1.82, 2.24) is 15.1 Å². The number of halogens is 1. The molecule has 32 heavy (non-hydrogen) atoms. The Labute approximate surface area is 189 Å². The normalized spacial score (nSPS) is 21.7. The number of ketones is 1. The minimum absolute atomic E-state index is 0.0682. The van der Waals surface area contributed by atoms with Crippen molar-refractivity contribution >= 4 is 35.0 Å². The predicted molar refractivity (Wildman–Crippen MR) is 117 cm³/mol. The average molecular weight is 458 g/mol. The maximum absolute atomic E-state index is 13.2. The third kappa shape index (κ3) is 4.04. The van der Waals surface area contributed by atoms with Gasteiger partial charge in [-0.15, -0.1) is 11.3 Å². The van der Waals surface area contributed by atoms with Gasteiger partial charge in [0.25, 0.3) is 11.8 Å². The number of urea groups is 1. The van der Waals surface area contributed by atoms with Gasteiger partial charge in [-0.05, 0) is 56.4 Å². The predicted octanol–water partition coefficient (Wildman–Crippen LogP) is 3.45. The molecule has 1 aromatic heterocycles. The Morgan fingerprint density at radius 2 is 1.84 bits per heavy atom. The van der Waals surface area contributed by atoms with Crippen LogP contribution in [-0.2, 0) is 11.3 Å². The lowest BCUT2D eigenvalue weighted by Gasteiger charge is -2.38. The van der Waals surface area contributed by atoms with Gasteiger partial charge in [0.05, 0.1) is 17.0 Å². The Hall–Kier alpha value is -3.07. The summed E-state index contributed by atoms with van der Waals surface area (Å²) in [6.07, 6.45) is 1.14. The fourth-order valence-corrected chi connectivity index (χ4v) is 5.17. The van der Waals surface area contributed by atoms with Crippen molar-refractivity contribution in [2.24, 2.45) is 5.92 Å². The van der Waals surface area contributed by atoms with Crippen molar-refractivity contribution in [3.63, 3.8) is 0 Å². The molecule has 0 radical (unpaired) electrons. The van der Waals surface area contributed by atoms with Crippen LogP contribution in [0.3, 0.4) is 0 Å². The van der Waals surface area contributed by atoms with Crippen LogP contribution < -0.4 is 5.32 Å². The zero-order chi connectivity index (χ0) is 23.0. The van der Waals surface area contributed by atoms with Crippen molar-refractivity contribution in [2.75, 3.05) is 13.1 Å². The molecule has 4 amide bonds. The van der Waals surface area contributed by atoms with Crippen LogP contribution in [0.4, 0.5) is 9.18 Å². The van der Waals surface area contributed by atoms with Crippen molar-refractivity contribution in [2.45, 2.75) is 38.8 Å². The Morgan fingerprint density at radius 1 is 1.19 bits per heavy atom. The lowest BCUT2D eigenvalue weighted by molar-refractivity contribution is -0.133. The van der Waals surface area contributed by atoms with E-state index in [2.05, 4.69) is 5.32 Å². The molecular formula is C23H24FN3O4S. The fourth-order valence-electron chi connectivity index (χ4n) is 4.38. The highest BCUT2D eigenvalue weighted by Crippen LogP contribution is 2.34. The van der Waals surface area contributed by atoms with Gasteiger partial charge in [0.1, 0.15) is 11.4 Å². The number of nitrogens with one attached hydrogen (secondary N) is 1. The second kappa shape index (κ2) is 8.46. The largest absolute Gasteiger partial charge is 0.339 e. The molecule has 0 spiro atoms. The third-order valence-corrected chi connectivity index (χ3v) is 7.38. The van der Waals surface area contributed by atoms with Gasteiger partial charge in [0.15, 0.2) is 5.78 Å². The second-order valence-corrected chi connectivity index (χ2v) is 9.38. The number of benzene rings is 1. The van der Waals surface area contributed by atoms with Crippen LogP contribution in [0.5, 0.6) is 0 Å². The van der Waals surface area contributed by atoms with Crippen molar-refractivity contribution in [1.29, 1.82) is 0 Å². The number of carbonyl (C=O) groups excluding carboxylic acids is 4. The number of piperidine rings is 1. The Morgan fingerprint density at radius 3 is 2.44 bits per heavy atom. The first kappa shape index (κ1) is 22.1. The molecule has 7 nitrogen and oxygen atoms in total. The molecule has 1 atom stereocenters. The number of imide groups is 1. The van der Waals surface area contributed by atoms with E-state index in [-0.39, 0.29) is 35.9 Å². The first-order valence-corrected chi connectivity index (χ1v) is 11.3. The first-order chi connectivity index (χ1) is 15.2. The summed E-state index contributed by atoms with van der Waals surface area (Å²) in [6, 6.07) is 6.86. The van der Waals surface area contributed by atoms with Gasteiger partial charge in [0.2, 0.25) is 0 Å². The number of hydrogen-bond donors (Lipinski definition) is 1. The zero-order valence-corrected chi connectivity index (χ0v) is 18.7. The topological polar surface area (TPSA) is 86.8 Å². The van der Waals surface area contributed by atoms with Crippen LogP contribution in [0.2, 0.25) is 0 Å². The molecule has 2 aliphatic heterocycles. The minimum atomic E-state index is -1.05. The van der Waals surface area contributed by atoms with E-state index in [1.54, 1.807) is 35.4 Å². The first-order valence-electron chi connectivity index (χ1n) is 10.5. The molecule has 0 bridgehead atoms. The molecule has 1 aromatic carbocycles. The molecular weight excluding hydrogens is 433 g/mol. The van der Waals surface area contributed by atoms with Crippen LogP contribution >= 0.6 is 11.3 Å². The van der Waals surface area contributed by atoms with Crippen molar-refractivity contribution < 1.29 is 23.6 Å². The number of amides is 4. The number of rotatable bonds is 5. The monoisotopic (exact) mass is 457 g/mol. The Bertz CT molecular complexity index is 1080. The van der Waals surface area contributed by atoms with E-state index in [0.29, 0.717) is 41.9 Å². The molecule has 2 aromatic rings. The lowest BCUT2D eigenvalue weighted by atomic mass is 9.78. The van der Waals surface area contributed by atoms with E-state index >= 15 is 0 Å². The quantitative estimate of drug-likeness (QED) is 0.550. The third-order valence-electron chi connectivity index (χ3n) is 6.35. The molecule has 4 rings (SSSR count). The Kier molecular flexibility index (Phi) is 5.85. The molecule has 168 valence electrons. The van der Waals surface area contributed by atoms with Gasteiger partial charge in [-0.3, -0.25) is 19.3 Å². The summed E-state index contributed by atoms with van der Waals surface area (Å²) in [5.41, 5.74) is 0.122. The van der Waals surface area contributed by atoms with Gasteiger partial charge in [-0.1, -0.05) is 12.1 Å². The van der Waals surface area contributed by atoms with Gasteiger partial charge in [0, 0.05) is 18.5 Å². The van der Waals surface area contributed by atoms with Crippen molar-refractivity contribution in [3.05, 3.63) is 57.5 Å². The molecule has 0 saturated carbocycles. The van der Waals surface area contributed by atoms with Crippen LogP contribution in [0.25, 0.3) is 0 Å². The van der Waals surface area contributed by atoms with Crippen LogP contribution in [0.1, 0.15) is 52.3 Å². The summed E-state index contributed by atoms with van der Waals surface area (Å²) in [5, 5.41) is 4.54. The summed E-state index contributed by atoms with van der Waals surface area (Å²) in [6.45, 7) is 4.21. The van der Waals surface area contributed by atoms with Crippen LogP contribution in [0.15, 0.2) is 35.7 Å². The van der Waals surface area contributed by atoms with E-state index in [9.17, 15) is 23.6 Å². The van der Waals surface area contributed by atoms with Gasteiger partial charge < -0.3 is 10.2 Å². The highest BCUT2D eigenvalue weighted by Gasteiger charge is 2.52.